The molecular formula is C14H18N4O. The molecule has 2 rings (SSSR count). The summed E-state index contributed by atoms with van der Waals surface area (Å²) < 4.78 is 1.66. The van der Waals surface area contributed by atoms with Crippen LogP contribution in [-0.4, -0.2) is 20.7 Å². The Bertz CT molecular complexity index is 563. The third-order valence-electron chi connectivity index (χ3n) is 3.01. The van der Waals surface area contributed by atoms with Gasteiger partial charge in [-0.15, -0.1) is 0 Å². The summed E-state index contributed by atoms with van der Waals surface area (Å²) in [6.45, 7) is 6.42. The highest BCUT2D eigenvalue weighted by Gasteiger charge is 2.14. The van der Waals surface area contributed by atoms with Crippen molar-refractivity contribution >= 4 is 11.6 Å². The van der Waals surface area contributed by atoms with Crippen LogP contribution in [0.25, 0.3) is 0 Å². The summed E-state index contributed by atoms with van der Waals surface area (Å²) in [5.74, 6) is -0.176. The normalized spacial score (nSPS) is 12.2. The zero-order valence-electron chi connectivity index (χ0n) is 11.4. The molecule has 1 aromatic carbocycles. The maximum atomic E-state index is 12.1. The van der Waals surface area contributed by atoms with Gasteiger partial charge in [0.1, 0.15) is 12.7 Å². The van der Waals surface area contributed by atoms with Gasteiger partial charge < -0.3 is 5.32 Å². The van der Waals surface area contributed by atoms with E-state index < -0.39 is 0 Å². The van der Waals surface area contributed by atoms with Gasteiger partial charge in [0, 0.05) is 5.69 Å². The van der Waals surface area contributed by atoms with E-state index in [1.165, 1.54) is 11.9 Å². The lowest BCUT2D eigenvalue weighted by atomic mass is 10.1. The third-order valence-corrected chi connectivity index (χ3v) is 3.01. The van der Waals surface area contributed by atoms with Crippen LogP contribution in [0.4, 0.5) is 5.69 Å². The minimum absolute atomic E-state index is 0.0116. The van der Waals surface area contributed by atoms with Gasteiger partial charge in [0.05, 0.1) is 12.5 Å². The number of carbonyl (C=O) groups is 1. The number of hydrogen-bond donors (Lipinski definition) is 1. The molecule has 0 saturated heterocycles. The molecule has 1 unspecified atom stereocenters. The Balaban J connectivity index is 2.00. The van der Waals surface area contributed by atoms with Crippen molar-refractivity contribution in [1.82, 2.24) is 14.8 Å². The monoisotopic (exact) mass is 258 g/mol. The predicted molar refractivity (Wildman–Crippen MR) is 73.7 cm³/mol. The van der Waals surface area contributed by atoms with E-state index in [9.17, 15) is 4.79 Å². The summed E-state index contributed by atoms with van der Waals surface area (Å²) in [4.78, 5) is 16.0. The molecular weight excluding hydrogens is 240 g/mol. The van der Waals surface area contributed by atoms with Crippen LogP contribution in [0, 0.1) is 19.8 Å². The Morgan fingerprint density at radius 2 is 2.21 bits per heavy atom. The van der Waals surface area contributed by atoms with Crippen molar-refractivity contribution in [2.24, 2.45) is 5.92 Å². The molecule has 0 bridgehead atoms. The molecule has 2 aromatic rings. The molecule has 0 saturated carbocycles. The Hall–Kier alpha value is -2.17. The molecule has 0 aliphatic carbocycles. The summed E-state index contributed by atoms with van der Waals surface area (Å²) in [5.41, 5.74) is 3.12. The molecule has 0 radical (unpaired) electrons. The van der Waals surface area contributed by atoms with Gasteiger partial charge in [0.2, 0.25) is 5.91 Å². The summed E-state index contributed by atoms with van der Waals surface area (Å²) in [6, 6.07) is 5.98. The minimum Gasteiger partial charge on any atom is -0.326 e. The molecule has 1 aromatic heterocycles. The smallest absolute Gasteiger partial charge is 0.229 e. The Morgan fingerprint density at radius 3 is 2.84 bits per heavy atom. The van der Waals surface area contributed by atoms with Crippen LogP contribution >= 0.6 is 0 Å². The van der Waals surface area contributed by atoms with Crippen LogP contribution in [0.5, 0.6) is 0 Å². The van der Waals surface area contributed by atoms with Gasteiger partial charge in [-0.2, -0.15) is 5.10 Å². The Kier molecular flexibility index (Phi) is 3.94. The van der Waals surface area contributed by atoms with E-state index in [4.69, 9.17) is 0 Å². The van der Waals surface area contributed by atoms with E-state index >= 15 is 0 Å². The molecule has 0 spiro atoms. The van der Waals surface area contributed by atoms with E-state index in [0.717, 1.165) is 11.3 Å². The molecule has 1 heterocycles. The highest BCUT2D eigenvalue weighted by Crippen LogP contribution is 2.17. The van der Waals surface area contributed by atoms with Gasteiger partial charge in [-0.1, -0.05) is 24.6 Å². The lowest BCUT2D eigenvalue weighted by Crippen LogP contribution is -2.25. The van der Waals surface area contributed by atoms with Crippen molar-refractivity contribution < 1.29 is 4.79 Å². The predicted octanol–water partition coefficient (Wildman–Crippen LogP) is 2.17. The van der Waals surface area contributed by atoms with Crippen LogP contribution in [0.15, 0.2) is 30.9 Å². The number of carbonyl (C=O) groups excluding carboxylic acids is 1. The highest BCUT2D eigenvalue weighted by molar-refractivity contribution is 5.93. The second-order valence-electron chi connectivity index (χ2n) is 4.83. The maximum Gasteiger partial charge on any atom is 0.229 e. The quantitative estimate of drug-likeness (QED) is 0.914. The average molecular weight is 258 g/mol. The maximum absolute atomic E-state index is 12.1. The number of aromatic nitrogens is 3. The van der Waals surface area contributed by atoms with Crippen molar-refractivity contribution in [3.63, 3.8) is 0 Å². The third kappa shape index (κ3) is 3.40. The first-order valence-electron chi connectivity index (χ1n) is 6.27. The van der Waals surface area contributed by atoms with Crippen LogP contribution in [-0.2, 0) is 11.3 Å². The standard InChI is InChI=1S/C14H18N4O/c1-10-4-5-13(11(2)6-10)17-14(19)12(3)7-18-9-15-8-16-18/h4-6,8-9,12H,7H2,1-3H3,(H,17,19). The fraction of sp³-hybridized carbons (Fsp3) is 0.357. The first kappa shape index (κ1) is 13.3. The summed E-state index contributed by atoms with van der Waals surface area (Å²) in [6.07, 6.45) is 3.08. The number of aryl methyl sites for hydroxylation is 2. The van der Waals surface area contributed by atoms with Gasteiger partial charge in [-0.3, -0.25) is 9.48 Å². The van der Waals surface area contributed by atoms with Crippen molar-refractivity contribution in [2.75, 3.05) is 5.32 Å². The number of nitrogens with zero attached hydrogens (tertiary/aromatic N) is 3. The minimum atomic E-state index is -0.164. The van der Waals surface area contributed by atoms with Gasteiger partial charge in [-0.05, 0) is 25.5 Å². The molecule has 1 N–H and O–H groups in total. The molecule has 0 aliphatic heterocycles. The lowest BCUT2D eigenvalue weighted by Gasteiger charge is -2.14. The fourth-order valence-electron chi connectivity index (χ4n) is 1.90. The molecule has 5 nitrogen and oxygen atoms in total. The Labute approximate surface area is 112 Å². The van der Waals surface area contributed by atoms with E-state index in [-0.39, 0.29) is 11.8 Å². The molecule has 5 heteroatoms. The average Bonchev–Trinajstić information content (AvgIpc) is 2.85. The number of benzene rings is 1. The molecule has 19 heavy (non-hydrogen) atoms. The SMILES string of the molecule is Cc1ccc(NC(=O)C(C)Cn2cncn2)c(C)c1. The molecule has 1 atom stereocenters. The zero-order valence-corrected chi connectivity index (χ0v) is 11.4. The second-order valence-corrected chi connectivity index (χ2v) is 4.83. The molecule has 100 valence electrons. The summed E-state index contributed by atoms with van der Waals surface area (Å²) in [5, 5.41) is 6.95. The lowest BCUT2D eigenvalue weighted by molar-refractivity contribution is -0.119. The topological polar surface area (TPSA) is 59.8 Å². The van der Waals surface area contributed by atoms with E-state index in [1.807, 2.05) is 32.9 Å². The number of anilines is 1. The van der Waals surface area contributed by atoms with Crippen LogP contribution in [0.3, 0.4) is 0 Å². The van der Waals surface area contributed by atoms with Crippen LogP contribution < -0.4 is 5.32 Å². The number of amides is 1. The zero-order chi connectivity index (χ0) is 13.8. The van der Waals surface area contributed by atoms with Gasteiger partial charge >= 0.3 is 0 Å². The first-order chi connectivity index (χ1) is 9.06. The Morgan fingerprint density at radius 1 is 1.42 bits per heavy atom. The number of hydrogen-bond acceptors (Lipinski definition) is 3. The first-order valence-corrected chi connectivity index (χ1v) is 6.27. The van der Waals surface area contributed by atoms with Crippen LogP contribution in [0.2, 0.25) is 0 Å². The van der Waals surface area contributed by atoms with Gasteiger partial charge in [0.15, 0.2) is 0 Å². The molecule has 1 amide bonds. The van der Waals surface area contributed by atoms with Crippen molar-refractivity contribution in [1.29, 1.82) is 0 Å². The van der Waals surface area contributed by atoms with Crippen LogP contribution in [0.1, 0.15) is 18.1 Å². The van der Waals surface area contributed by atoms with E-state index in [2.05, 4.69) is 21.5 Å². The largest absolute Gasteiger partial charge is 0.326 e. The van der Waals surface area contributed by atoms with E-state index in [0.29, 0.717) is 6.54 Å². The van der Waals surface area contributed by atoms with Crippen molar-refractivity contribution in [3.8, 4) is 0 Å². The van der Waals surface area contributed by atoms with Crippen molar-refractivity contribution in [2.45, 2.75) is 27.3 Å². The molecule has 0 fully saturated rings. The number of nitrogens with one attached hydrogen (secondary N) is 1. The van der Waals surface area contributed by atoms with E-state index in [1.54, 1.807) is 11.0 Å². The van der Waals surface area contributed by atoms with Gasteiger partial charge in [0.25, 0.3) is 0 Å². The van der Waals surface area contributed by atoms with Gasteiger partial charge in [-0.25, -0.2) is 4.98 Å². The second kappa shape index (κ2) is 5.65. The van der Waals surface area contributed by atoms with Crippen molar-refractivity contribution in [3.05, 3.63) is 42.0 Å². The molecule has 0 aliphatic rings. The summed E-state index contributed by atoms with van der Waals surface area (Å²) in [7, 11) is 0. The number of rotatable bonds is 4. The fourth-order valence-corrected chi connectivity index (χ4v) is 1.90. The highest BCUT2D eigenvalue weighted by atomic mass is 16.1. The summed E-state index contributed by atoms with van der Waals surface area (Å²) >= 11 is 0.